The van der Waals surface area contributed by atoms with Gasteiger partial charge in [0.2, 0.25) is 5.91 Å². The molecule has 2 atom stereocenters. The highest BCUT2D eigenvalue weighted by Gasteiger charge is 2.40. The van der Waals surface area contributed by atoms with Gasteiger partial charge in [-0.05, 0) is 80.8 Å². The van der Waals surface area contributed by atoms with Gasteiger partial charge in [0.25, 0.3) is 5.91 Å². The van der Waals surface area contributed by atoms with E-state index in [9.17, 15) is 14.4 Å². The van der Waals surface area contributed by atoms with Gasteiger partial charge < -0.3 is 19.7 Å². The Morgan fingerprint density at radius 1 is 0.852 bits per heavy atom. The van der Waals surface area contributed by atoms with Crippen LogP contribution < -0.4 is 10.1 Å². The van der Waals surface area contributed by atoms with Crippen molar-refractivity contribution in [1.29, 1.82) is 0 Å². The highest BCUT2D eigenvalue weighted by molar-refractivity contribution is 7.14. The summed E-state index contributed by atoms with van der Waals surface area (Å²) in [6, 6.07) is 17.9. The summed E-state index contributed by atoms with van der Waals surface area (Å²) in [6.45, 7) is 15.1. The van der Waals surface area contributed by atoms with Crippen molar-refractivity contribution < 1.29 is 23.9 Å². The monoisotopic (exact) mass is 752 g/mol. The molecule has 9 nitrogen and oxygen atoms in total. The number of carbonyl (C=O) groups excluding carboxylic acids is 3. The first-order valence-corrected chi connectivity index (χ1v) is 20.1. The van der Waals surface area contributed by atoms with Crippen LogP contribution in [0, 0.1) is 0 Å². The van der Waals surface area contributed by atoms with Crippen molar-refractivity contribution >= 4 is 29.1 Å². The smallest absolute Gasteiger partial charge is 0.329 e. The molecule has 2 amide bonds. The van der Waals surface area contributed by atoms with Gasteiger partial charge in [0.05, 0.1) is 11.5 Å². The van der Waals surface area contributed by atoms with Gasteiger partial charge in [-0.15, -0.1) is 11.3 Å². The number of esters is 1. The number of carbonyl (C=O) groups is 3. The molecule has 2 aromatic carbocycles. The summed E-state index contributed by atoms with van der Waals surface area (Å²) in [7, 11) is 0. The van der Waals surface area contributed by atoms with Crippen LogP contribution in [0.1, 0.15) is 114 Å². The summed E-state index contributed by atoms with van der Waals surface area (Å²) < 4.78 is 11.6. The molecule has 4 aromatic rings. The molecule has 0 spiro atoms. The third-order valence-corrected chi connectivity index (χ3v) is 10.9. The Labute approximate surface area is 324 Å². The van der Waals surface area contributed by atoms with Crippen LogP contribution in [0.4, 0.5) is 0 Å². The molecule has 1 aliphatic heterocycles. The first-order chi connectivity index (χ1) is 25.7. The zero-order chi connectivity index (χ0) is 38.9. The predicted molar refractivity (Wildman–Crippen MR) is 216 cm³/mol. The fourth-order valence-corrected chi connectivity index (χ4v) is 7.40. The Bertz CT molecular complexity index is 1840. The van der Waals surface area contributed by atoms with Gasteiger partial charge in [0.15, 0.2) is 5.82 Å². The molecule has 1 saturated heterocycles. The number of nitrogens with zero attached hydrogens (tertiary/aromatic N) is 3. The van der Waals surface area contributed by atoms with Crippen LogP contribution in [0.3, 0.4) is 0 Å². The van der Waals surface area contributed by atoms with Crippen molar-refractivity contribution in [3.05, 3.63) is 88.4 Å². The molecular formula is C44H56N4O5S. The van der Waals surface area contributed by atoms with E-state index in [1.807, 2.05) is 93.8 Å². The van der Waals surface area contributed by atoms with Gasteiger partial charge in [0.1, 0.15) is 23.4 Å². The highest BCUT2D eigenvalue weighted by Crippen LogP contribution is 2.30. The molecule has 5 rings (SSSR count). The van der Waals surface area contributed by atoms with E-state index in [4.69, 9.17) is 9.47 Å². The molecule has 1 aliphatic rings. The number of hydrogen-bond acceptors (Lipinski definition) is 8. The maximum absolute atomic E-state index is 14.2. The van der Waals surface area contributed by atoms with Crippen LogP contribution in [0.5, 0.6) is 5.75 Å². The van der Waals surface area contributed by atoms with Crippen LogP contribution >= 0.6 is 11.3 Å². The molecule has 0 aliphatic carbocycles. The lowest BCUT2D eigenvalue weighted by Gasteiger charge is -2.30. The van der Waals surface area contributed by atoms with Crippen LogP contribution in [-0.4, -0.2) is 63.5 Å². The van der Waals surface area contributed by atoms with Crippen molar-refractivity contribution in [2.24, 2.45) is 0 Å². The largest absolute Gasteiger partial charge is 0.494 e. The summed E-state index contributed by atoms with van der Waals surface area (Å²) in [5.41, 5.74) is 2.82. The molecule has 1 N–H and O–H groups in total. The molecule has 1 fully saturated rings. The van der Waals surface area contributed by atoms with E-state index in [2.05, 4.69) is 43.0 Å². The van der Waals surface area contributed by atoms with Gasteiger partial charge in [-0.1, -0.05) is 89.8 Å². The summed E-state index contributed by atoms with van der Waals surface area (Å²) >= 11 is 1.43. The van der Waals surface area contributed by atoms with E-state index in [0.29, 0.717) is 30.1 Å². The molecule has 3 heterocycles. The molecule has 0 bridgehead atoms. The number of nitrogens with one attached hydrogen (secondary N) is 1. The van der Waals surface area contributed by atoms with Gasteiger partial charge in [-0.2, -0.15) is 0 Å². The Hall–Kier alpha value is -4.57. The summed E-state index contributed by atoms with van der Waals surface area (Å²) in [5.74, 6) is 0.413. The summed E-state index contributed by atoms with van der Waals surface area (Å²) in [6.07, 6.45) is 11.1. The number of hydrogen-bond donors (Lipinski definition) is 1. The minimum atomic E-state index is -0.885. The minimum Gasteiger partial charge on any atom is -0.494 e. The van der Waals surface area contributed by atoms with Gasteiger partial charge >= 0.3 is 5.97 Å². The maximum atomic E-state index is 14.2. The van der Waals surface area contributed by atoms with Crippen molar-refractivity contribution in [2.45, 2.75) is 123 Å². The fourth-order valence-electron chi connectivity index (χ4n) is 6.43. The molecule has 10 heteroatoms. The lowest BCUT2D eigenvalue weighted by atomic mass is 9.95. The summed E-state index contributed by atoms with van der Waals surface area (Å²) in [5, 5.41) is 3.02. The molecular weight excluding hydrogens is 697 g/mol. The van der Waals surface area contributed by atoms with Crippen LogP contribution in [0.25, 0.3) is 22.5 Å². The van der Waals surface area contributed by atoms with E-state index in [1.54, 1.807) is 4.90 Å². The Morgan fingerprint density at radius 2 is 1.52 bits per heavy atom. The number of ether oxygens (including phenoxy) is 2. The Morgan fingerprint density at radius 3 is 2.15 bits per heavy atom. The van der Waals surface area contributed by atoms with Gasteiger partial charge in [-0.3, -0.25) is 9.59 Å². The second-order valence-electron chi connectivity index (χ2n) is 16.1. The van der Waals surface area contributed by atoms with Crippen LogP contribution in [0.15, 0.2) is 73.1 Å². The SMILES string of the molecule is CCCCCCCOc1ccc(-c2cnc(-c3ccc(CC(NC(=O)c4ccc(C(C)(C)C)s4)C(=O)N4CCCC4C(=O)OC(C)(C)C)cc3)nc2)cc1. The number of aromatic nitrogens is 2. The average Bonchev–Trinajstić information content (AvgIpc) is 3.84. The van der Waals surface area contributed by atoms with Crippen molar-refractivity contribution in [3.8, 4) is 28.3 Å². The normalized spacial score (nSPS) is 15.2. The zero-order valence-electron chi connectivity index (χ0n) is 32.9. The number of thiophene rings is 1. The van der Waals surface area contributed by atoms with Crippen LogP contribution in [-0.2, 0) is 26.2 Å². The van der Waals surface area contributed by atoms with E-state index < -0.39 is 23.7 Å². The minimum absolute atomic E-state index is 0.103. The fraction of sp³-hybridized carbons (Fsp3) is 0.477. The zero-order valence-corrected chi connectivity index (χ0v) is 33.8. The average molecular weight is 753 g/mol. The summed E-state index contributed by atoms with van der Waals surface area (Å²) in [4.78, 5) is 53.4. The first kappa shape index (κ1) is 40.6. The third-order valence-electron chi connectivity index (χ3n) is 9.40. The highest BCUT2D eigenvalue weighted by atomic mass is 32.1. The van der Waals surface area contributed by atoms with Crippen molar-refractivity contribution in [3.63, 3.8) is 0 Å². The number of unbranched alkanes of at least 4 members (excludes halogenated alkanes) is 4. The number of likely N-dealkylation sites (tertiary alicyclic amines) is 1. The van der Waals surface area contributed by atoms with E-state index >= 15 is 0 Å². The number of rotatable bonds is 15. The second kappa shape index (κ2) is 18.2. The molecule has 288 valence electrons. The van der Waals surface area contributed by atoms with E-state index in [-0.39, 0.29) is 23.7 Å². The topological polar surface area (TPSA) is 111 Å². The maximum Gasteiger partial charge on any atom is 0.329 e. The van der Waals surface area contributed by atoms with Crippen molar-refractivity contribution in [1.82, 2.24) is 20.2 Å². The second-order valence-corrected chi connectivity index (χ2v) is 17.2. The Kier molecular flexibility index (Phi) is 13.7. The lowest BCUT2D eigenvalue weighted by molar-refractivity contribution is -0.163. The molecule has 2 unspecified atom stereocenters. The quantitative estimate of drug-likeness (QED) is 0.0953. The van der Waals surface area contributed by atoms with Crippen molar-refractivity contribution in [2.75, 3.05) is 13.2 Å². The molecule has 0 radical (unpaired) electrons. The Balaban J connectivity index is 1.27. The van der Waals surface area contributed by atoms with Gasteiger partial charge in [0, 0.05) is 41.4 Å². The molecule has 2 aromatic heterocycles. The number of benzene rings is 2. The van der Waals surface area contributed by atoms with Crippen LogP contribution in [0.2, 0.25) is 0 Å². The first-order valence-electron chi connectivity index (χ1n) is 19.3. The molecule has 0 saturated carbocycles. The number of amides is 2. The van der Waals surface area contributed by atoms with Gasteiger partial charge in [-0.25, -0.2) is 14.8 Å². The van der Waals surface area contributed by atoms with E-state index in [1.165, 1.54) is 37.0 Å². The molecule has 54 heavy (non-hydrogen) atoms. The lowest BCUT2D eigenvalue weighted by Crippen LogP contribution is -2.53. The third kappa shape index (κ3) is 11.2. The van der Waals surface area contributed by atoms with E-state index in [0.717, 1.165) is 45.9 Å². The standard InChI is InChI=1S/C44H56N4O5S/c1-8-9-10-11-12-26-52-34-21-19-31(20-22-34)33-28-45-39(46-29-33)32-17-15-30(16-18-32)27-35(47-40(49)37-23-24-38(54-37)43(2,3)4)41(50)48-25-13-14-36(48)42(51)53-44(5,6)7/h15-24,28-29,35-36H,8-14,25-27H2,1-7H3,(H,47,49). The predicted octanol–water partition coefficient (Wildman–Crippen LogP) is 9.19.